The highest BCUT2D eigenvalue weighted by Crippen LogP contribution is 2.24. The van der Waals surface area contributed by atoms with Crippen LogP contribution < -0.4 is 5.73 Å². The Morgan fingerprint density at radius 2 is 1.95 bits per heavy atom. The Morgan fingerprint density at radius 3 is 2.50 bits per heavy atom. The van der Waals surface area contributed by atoms with E-state index in [1.165, 1.54) is 12.1 Å². The quantitative estimate of drug-likeness (QED) is 0.904. The van der Waals surface area contributed by atoms with Crippen molar-refractivity contribution in [3.63, 3.8) is 0 Å². The normalized spacial score (nSPS) is 18.1. The first-order valence-corrected chi connectivity index (χ1v) is 6.69. The molecule has 4 nitrogen and oxygen atoms in total. The Hall–Kier alpha value is -1.53. The SMILES string of the molecule is CC(c1ccc(F)cc1F)N1CCN(C(=O)CN)CC1. The summed E-state index contributed by atoms with van der Waals surface area (Å²) in [5.41, 5.74) is 5.81. The summed E-state index contributed by atoms with van der Waals surface area (Å²) in [6.07, 6.45) is 0. The average Bonchev–Trinajstić information content (AvgIpc) is 2.46. The zero-order valence-electron chi connectivity index (χ0n) is 11.5. The van der Waals surface area contributed by atoms with Gasteiger partial charge < -0.3 is 10.6 Å². The molecule has 1 aromatic carbocycles. The number of halogens is 2. The van der Waals surface area contributed by atoms with Crippen LogP contribution in [-0.2, 0) is 4.79 Å². The minimum Gasteiger partial charge on any atom is -0.339 e. The molecule has 0 aromatic heterocycles. The van der Waals surface area contributed by atoms with Gasteiger partial charge in [-0.3, -0.25) is 9.69 Å². The lowest BCUT2D eigenvalue weighted by Gasteiger charge is -2.38. The third kappa shape index (κ3) is 3.13. The van der Waals surface area contributed by atoms with E-state index in [-0.39, 0.29) is 18.5 Å². The number of amides is 1. The van der Waals surface area contributed by atoms with Gasteiger partial charge in [0.15, 0.2) is 0 Å². The molecular formula is C14H19F2N3O. The molecule has 2 rings (SSSR count). The largest absolute Gasteiger partial charge is 0.339 e. The van der Waals surface area contributed by atoms with Crippen LogP contribution in [0.2, 0.25) is 0 Å². The van der Waals surface area contributed by atoms with Crippen molar-refractivity contribution < 1.29 is 13.6 Å². The first-order valence-electron chi connectivity index (χ1n) is 6.69. The number of benzene rings is 1. The first-order chi connectivity index (χ1) is 9.52. The lowest BCUT2D eigenvalue weighted by molar-refractivity contribution is -0.131. The standard InChI is InChI=1S/C14H19F2N3O/c1-10(12-3-2-11(15)8-13(12)16)18-4-6-19(7-5-18)14(20)9-17/h2-3,8,10H,4-7,9,17H2,1H3. The Morgan fingerprint density at radius 1 is 1.30 bits per heavy atom. The third-order valence-corrected chi connectivity index (χ3v) is 3.80. The van der Waals surface area contributed by atoms with Crippen LogP contribution in [0, 0.1) is 11.6 Å². The zero-order valence-corrected chi connectivity index (χ0v) is 11.5. The van der Waals surface area contributed by atoms with Gasteiger partial charge in [0.2, 0.25) is 5.91 Å². The molecule has 6 heteroatoms. The van der Waals surface area contributed by atoms with Crippen LogP contribution in [-0.4, -0.2) is 48.4 Å². The van der Waals surface area contributed by atoms with E-state index in [1.807, 2.05) is 6.92 Å². The molecule has 0 spiro atoms. The van der Waals surface area contributed by atoms with Gasteiger partial charge in [0.1, 0.15) is 11.6 Å². The number of hydrogen-bond donors (Lipinski definition) is 1. The zero-order chi connectivity index (χ0) is 14.7. The van der Waals surface area contributed by atoms with E-state index in [0.29, 0.717) is 31.7 Å². The van der Waals surface area contributed by atoms with Crippen molar-refractivity contribution in [1.29, 1.82) is 0 Å². The van der Waals surface area contributed by atoms with Gasteiger partial charge in [0.05, 0.1) is 6.54 Å². The van der Waals surface area contributed by atoms with Crippen molar-refractivity contribution in [2.24, 2.45) is 5.73 Å². The predicted molar refractivity (Wildman–Crippen MR) is 72.0 cm³/mol. The molecule has 1 unspecified atom stereocenters. The van der Waals surface area contributed by atoms with E-state index in [4.69, 9.17) is 5.73 Å². The molecule has 110 valence electrons. The second-order valence-corrected chi connectivity index (χ2v) is 4.96. The van der Waals surface area contributed by atoms with Crippen molar-refractivity contribution in [3.05, 3.63) is 35.4 Å². The highest BCUT2D eigenvalue weighted by Gasteiger charge is 2.25. The number of nitrogens with zero attached hydrogens (tertiary/aromatic N) is 2. The lowest BCUT2D eigenvalue weighted by Crippen LogP contribution is -2.50. The molecule has 0 bridgehead atoms. The van der Waals surface area contributed by atoms with Crippen LogP contribution in [0.4, 0.5) is 8.78 Å². The maximum absolute atomic E-state index is 13.8. The first kappa shape index (κ1) is 14.9. The number of hydrogen-bond acceptors (Lipinski definition) is 3. The van der Waals surface area contributed by atoms with Crippen molar-refractivity contribution in [2.75, 3.05) is 32.7 Å². The van der Waals surface area contributed by atoms with Crippen molar-refractivity contribution in [2.45, 2.75) is 13.0 Å². The van der Waals surface area contributed by atoms with Crippen LogP contribution in [0.1, 0.15) is 18.5 Å². The number of rotatable bonds is 3. The van der Waals surface area contributed by atoms with Gasteiger partial charge in [-0.25, -0.2) is 8.78 Å². The summed E-state index contributed by atoms with van der Waals surface area (Å²) in [7, 11) is 0. The highest BCUT2D eigenvalue weighted by atomic mass is 19.1. The number of nitrogens with two attached hydrogens (primary N) is 1. The Balaban J connectivity index is 2.01. The summed E-state index contributed by atoms with van der Waals surface area (Å²) in [5, 5.41) is 0. The highest BCUT2D eigenvalue weighted by molar-refractivity contribution is 5.78. The topological polar surface area (TPSA) is 49.6 Å². The fraction of sp³-hybridized carbons (Fsp3) is 0.500. The smallest absolute Gasteiger partial charge is 0.236 e. The summed E-state index contributed by atoms with van der Waals surface area (Å²) in [6.45, 7) is 4.39. The van der Waals surface area contributed by atoms with Gasteiger partial charge in [-0.15, -0.1) is 0 Å². The van der Waals surface area contributed by atoms with Gasteiger partial charge in [0, 0.05) is 43.9 Å². The second kappa shape index (κ2) is 6.28. The molecule has 20 heavy (non-hydrogen) atoms. The lowest BCUT2D eigenvalue weighted by atomic mass is 10.1. The van der Waals surface area contributed by atoms with Crippen LogP contribution in [0.5, 0.6) is 0 Å². The summed E-state index contributed by atoms with van der Waals surface area (Å²) in [6, 6.07) is 3.50. The fourth-order valence-corrected chi connectivity index (χ4v) is 2.52. The van der Waals surface area contributed by atoms with E-state index in [2.05, 4.69) is 4.90 Å². The molecule has 0 aliphatic carbocycles. The van der Waals surface area contributed by atoms with Crippen LogP contribution in [0.25, 0.3) is 0 Å². The molecule has 1 heterocycles. The molecule has 1 atom stereocenters. The van der Waals surface area contributed by atoms with E-state index in [0.717, 1.165) is 6.07 Å². The minimum atomic E-state index is -0.572. The van der Waals surface area contributed by atoms with Gasteiger partial charge in [-0.1, -0.05) is 6.07 Å². The number of carbonyl (C=O) groups excluding carboxylic acids is 1. The molecule has 1 aliphatic rings. The van der Waals surface area contributed by atoms with Crippen LogP contribution in [0.3, 0.4) is 0 Å². The Kier molecular flexibility index (Phi) is 4.67. The van der Waals surface area contributed by atoms with Crippen LogP contribution >= 0.6 is 0 Å². The summed E-state index contributed by atoms with van der Waals surface area (Å²) in [5.74, 6) is -1.17. The van der Waals surface area contributed by atoms with Gasteiger partial charge >= 0.3 is 0 Å². The Bertz CT molecular complexity index is 487. The van der Waals surface area contributed by atoms with Crippen molar-refractivity contribution in [3.8, 4) is 0 Å². The molecular weight excluding hydrogens is 264 g/mol. The van der Waals surface area contributed by atoms with E-state index < -0.39 is 11.6 Å². The van der Waals surface area contributed by atoms with Crippen LogP contribution in [0.15, 0.2) is 18.2 Å². The molecule has 0 saturated carbocycles. The average molecular weight is 283 g/mol. The second-order valence-electron chi connectivity index (χ2n) is 4.96. The predicted octanol–water partition coefficient (Wildman–Crippen LogP) is 1.13. The maximum Gasteiger partial charge on any atom is 0.236 e. The van der Waals surface area contributed by atoms with E-state index >= 15 is 0 Å². The molecule has 2 N–H and O–H groups in total. The summed E-state index contributed by atoms with van der Waals surface area (Å²) in [4.78, 5) is 15.3. The monoisotopic (exact) mass is 283 g/mol. The Labute approximate surface area is 117 Å². The van der Waals surface area contributed by atoms with Gasteiger partial charge in [-0.05, 0) is 13.0 Å². The summed E-state index contributed by atoms with van der Waals surface area (Å²) < 4.78 is 26.7. The number of piperazine rings is 1. The van der Waals surface area contributed by atoms with Crippen molar-refractivity contribution >= 4 is 5.91 Å². The molecule has 1 amide bonds. The molecule has 1 fully saturated rings. The molecule has 1 saturated heterocycles. The number of carbonyl (C=O) groups is 1. The minimum absolute atomic E-state index is 0.0160. The summed E-state index contributed by atoms with van der Waals surface area (Å²) >= 11 is 0. The van der Waals surface area contributed by atoms with Crippen molar-refractivity contribution in [1.82, 2.24) is 9.80 Å². The fourth-order valence-electron chi connectivity index (χ4n) is 2.52. The molecule has 1 aliphatic heterocycles. The maximum atomic E-state index is 13.8. The third-order valence-electron chi connectivity index (χ3n) is 3.80. The molecule has 1 aromatic rings. The van der Waals surface area contributed by atoms with Gasteiger partial charge in [0.25, 0.3) is 0 Å². The van der Waals surface area contributed by atoms with E-state index in [9.17, 15) is 13.6 Å². The molecule has 0 radical (unpaired) electrons. The van der Waals surface area contributed by atoms with E-state index in [1.54, 1.807) is 4.90 Å². The van der Waals surface area contributed by atoms with Gasteiger partial charge in [-0.2, -0.15) is 0 Å².